The summed E-state index contributed by atoms with van der Waals surface area (Å²) in [5.74, 6) is 0.273. The van der Waals surface area contributed by atoms with Crippen molar-refractivity contribution in [1.29, 1.82) is 0 Å². The van der Waals surface area contributed by atoms with Crippen LogP contribution in [-0.2, 0) is 4.79 Å². The van der Waals surface area contributed by atoms with E-state index in [1.165, 1.54) is 4.80 Å². The normalized spacial score (nSPS) is 11.8. The molecule has 0 aliphatic heterocycles. The first kappa shape index (κ1) is 18.1. The summed E-state index contributed by atoms with van der Waals surface area (Å²) in [7, 11) is 3.93. The van der Waals surface area contributed by atoms with E-state index in [0.29, 0.717) is 5.82 Å². The molecule has 3 rings (SSSR count). The van der Waals surface area contributed by atoms with Crippen LogP contribution >= 0.6 is 15.9 Å². The third-order valence-corrected chi connectivity index (χ3v) is 4.44. The highest BCUT2D eigenvalue weighted by molar-refractivity contribution is 9.10. The van der Waals surface area contributed by atoms with Gasteiger partial charge in [-0.1, -0.05) is 15.9 Å². The number of nitrogens with one attached hydrogen (secondary N) is 1. The van der Waals surface area contributed by atoms with Crippen molar-refractivity contribution in [3.8, 4) is 11.4 Å². The Bertz CT molecular complexity index is 889. The van der Waals surface area contributed by atoms with Gasteiger partial charge < -0.3 is 10.2 Å². The number of carbonyl (C=O) groups excluding carboxylic acids is 1. The molecule has 0 spiro atoms. The number of rotatable bonds is 5. The smallest absolute Gasteiger partial charge is 0.250 e. The molecule has 8 heteroatoms. The topological polar surface area (TPSA) is 75.9 Å². The average molecular weight is 415 g/mol. The Hall–Kier alpha value is -2.74. The number of halogens is 1. The first-order valence-corrected chi connectivity index (χ1v) is 8.87. The third-order valence-electron chi connectivity index (χ3n) is 3.91. The van der Waals surface area contributed by atoms with Crippen LogP contribution in [0.25, 0.3) is 11.4 Å². The lowest BCUT2D eigenvalue weighted by Gasteiger charge is -2.14. The summed E-state index contributed by atoms with van der Waals surface area (Å²) in [6.07, 6.45) is 0. The lowest BCUT2D eigenvalue weighted by Crippen LogP contribution is -2.25. The predicted octanol–water partition coefficient (Wildman–Crippen LogP) is 3.37. The first-order valence-electron chi connectivity index (χ1n) is 8.08. The van der Waals surface area contributed by atoms with Crippen LogP contribution in [0.3, 0.4) is 0 Å². The van der Waals surface area contributed by atoms with Crippen LogP contribution in [0.15, 0.2) is 53.0 Å². The fourth-order valence-corrected chi connectivity index (χ4v) is 2.56. The molecule has 0 aliphatic carbocycles. The van der Waals surface area contributed by atoms with Crippen molar-refractivity contribution >= 4 is 33.2 Å². The van der Waals surface area contributed by atoms with E-state index < -0.39 is 6.04 Å². The van der Waals surface area contributed by atoms with Crippen molar-refractivity contribution < 1.29 is 4.79 Å². The number of anilines is 2. The number of tetrazole rings is 1. The highest BCUT2D eigenvalue weighted by Gasteiger charge is 2.19. The van der Waals surface area contributed by atoms with E-state index in [4.69, 9.17) is 0 Å². The number of amides is 1. The summed E-state index contributed by atoms with van der Waals surface area (Å²) in [6.45, 7) is 1.73. The van der Waals surface area contributed by atoms with E-state index in [9.17, 15) is 4.79 Å². The highest BCUT2D eigenvalue weighted by atomic mass is 79.9. The summed E-state index contributed by atoms with van der Waals surface area (Å²) in [5, 5.41) is 15.2. The number of hydrogen-bond acceptors (Lipinski definition) is 5. The Morgan fingerprint density at radius 3 is 2.38 bits per heavy atom. The van der Waals surface area contributed by atoms with E-state index in [1.54, 1.807) is 6.92 Å². The Balaban J connectivity index is 1.69. The number of aromatic nitrogens is 4. The van der Waals surface area contributed by atoms with Gasteiger partial charge in [0.25, 0.3) is 5.91 Å². The highest BCUT2D eigenvalue weighted by Crippen LogP contribution is 2.19. The molecular formula is C18H19BrN6O. The minimum atomic E-state index is -0.583. The van der Waals surface area contributed by atoms with Gasteiger partial charge in [-0.25, -0.2) is 0 Å². The molecule has 3 aromatic rings. The van der Waals surface area contributed by atoms with E-state index in [2.05, 4.69) is 36.7 Å². The molecule has 0 saturated carbocycles. The Morgan fingerprint density at radius 2 is 1.77 bits per heavy atom. The van der Waals surface area contributed by atoms with Crippen molar-refractivity contribution in [1.82, 2.24) is 20.2 Å². The monoisotopic (exact) mass is 414 g/mol. The maximum atomic E-state index is 12.5. The molecular weight excluding hydrogens is 396 g/mol. The Labute approximate surface area is 160 Å². The van der Waals surface area contributed by atoms with Gasteiger partial charge in [0.05, 0.1) is 0 Å². The van der Waals surface area contributed by atoms with Crippen molar-refractivity contribution in [2.45, 2.75) is 13.0 Å². The standard InChI is InChI=1S/C18H19BrN6O/c1-12(18(26)20-15-8-10-16(11-9-15)24(2)3)25-22-17(21-23-25)13-4-6-14(19)7-5-13/h4-12H,1-3H3,(H,20,26). The van der Waals surface area contributed by atoms with Gasteiger partial charge in [0.1, 0.15) is 6.04 Å². The molecule has 0 radical (unpaired) electrons. The summed E-state index contributed by atoms with van der Waals surface area (Å²) >= 11 is 3.39. The van der Waals surface area contributed by atoms with Crippen molar-refractivity contribution in [3.05, 3.63) is 53.0 Å². The summed E-state index contributed by atoms with van der Waals surface area (Å²) < 4.78 is 0.974. The molecule has 26 heavy (non-hydrogen) atoms. The third kappa shape index (κ3) is 4.08. The molecule has 0 aliphatic rings. The van der Waals surface area contributed by atoms with Crippen LogP contribution in [-0.4, -0.2) is 40.2 Å². The molecule has 1 aromatic heterocycles. The second-order valence-corrected chi connectivity index (χ2v) is 6.96. The van der Waals surface area contributed by atoms with E-state index in [-0.39, 0.29) is 5.91 Å². The molecule has 134 valence electrons. The number of nitrogens with zero attached hydrogens (tertiary/aromatic N) is 5. The van der Waals surface area contributed by atoms with Gasteiger partial charge in [0, 0.05) is 35.5 Å². The minimum absolute atomic E-state index is 0.206. The Morgan fingerprint density at radius 1 is 1.12 bits per heavy atom. The van der Waals surface area contributed by atoms with Gasteiger partial charge in [-0.2, -0.15) is 4.80 Å². The predicted molar refractivity (Wildman–Crippen MR) is 105 cm³/mol. The number of benzene rings is 2. The molecule has 0 fully saturated rings. The van der Waals surface area contributed by atoms with Crippen LogP contribution in [0.2, 0.25) is 0 Å². The quantitative estimate of drug-likeness (QED) is 0.692. The number of carbonyl (C=O) groups is 1. The molecule has 2 aromatic carbocycles. The van der Waals surface area contributed by atoms with Crippen molar-refractivity contribution in [2.75, 3.05) is 24.3 Å². The van der Waals surface area contributed by atoms with Gasteiger partial charge in [-0.3, -0.25) is 4.79 Å². The molecule has 0 saturated heterocycles. The lowest BCUT2D eigenvalue weighted by molar-refractivity contribution is -0.119. The van der Waals surface area contributed by atoms with Crippen LogP contribution < -0.4 is 10.2 Å². The molecule has 1 heterocycles. The summed E-state index contributed by atoms with van der Waals surface area (Å²) in [5.41, 5.74) is 2.63. The van der Waals surface area contributed by atoms with Crippen molar-refractivity contribution in [3.63, 3.8) is 0 Å². The fourth-order valence-electron chi connectivity index (χ4n) is 2.30. The molecule has 1 amide bonds. The zero-order valence-corrected chi connectivity index (χ0v) is 16.3. The van der Waals surface area contributed by atoms with Crippen LogP contribution in [0.5, 0.6) is 0 Å². The largest absolute Gasteiger partial charge is 0.378 e. The Kier molecular flexibility index (Phi) is 5.32. The minimum Gasteiger partial charge on any atom is -0.378 e. The molecule has 1 N–H and O–H groups in total. The van der Waals surface area contributed by atoms with E-state index >= 15 is 0 Å². The van der Waals surface area contributed by atoms with Crippen LogP contribution in [0.4, 0.5) is 11.4 Å². The molecule has 0 bridgehead atoms. The van der Waals surface area contributed by atoms with Gasteiger partial charge >= 0.3 is 0 Å². The first-order chi connectivity index (χ1) is 12.4. The number of hydrogen-bond donors (Lipinski definition) is 1. The second kappa shape index (κ2) is 7.65. The van der Waals surface area contributed by atoms with E-state index in [0.717, 1.165) is 21.4 Å². The van der Waals surface area contributed by atoms with Gasteiger partial charge in [0.2, 0.25) is 5.82 Å². The zero-order chi connectivity index (χ0) is 18.7. The molecule has 1 atom stereocenters. The maximum absolute atomic E-state index is 12.5. The van der Waals surface area contributed by atoms with Crippen LogP contribution in [0, 0.1) is 0 Å². The molecule has 7 nitrogen and oxygen atoms in total. The van der Waals surface area contributed by atoms with Crippen molar-refractivity contribution in [2.24, 2.45) is 0 Å². The second-order valence-electron chi connectivity index (χ2n) is 6.05. The maximum Gasteiger partial charge on any atom is 0.250 e. The average Bonchev–Trinajstić information content (AvgIpc) is 3.12. The van der Waals surface area contributed by atoms with E-state index in [1.807, 2.05) is 67.5 Å². The SMILES string of the molecule is CC(C(=O)Nc1ccc(N(C)C)cc1)n1nnc(-c2ccc(Br)cc2)n1. The van der Waals surface area contributed by atoms with Crippen LogP contribution in [0.1, 0.15) is 13.0 Å². The van der Waals surface area contributed by atoms with Gasteiger partial charge in [-0.05, 0) is 60.7 Å². The van der Waals surface area contributed by atoms with Gasteiger partial charge in [-0.15, -0.1) is 10.2 Å². The summed E-state index contributed by atoms with van der Waals surface area (Å²) in [6, 6.07) is 14.6. The molecule has 1 unspecified atom stereocenters. The zero-order valence-electron chi connectivity index (χ0n) is 14.7. The summed E-state index contributed by atoms with van der Waals surface area (Å²) in [4.78, 5) is 15.8. The fraction of sp³-hybridized carbons (Fsp3) is 0.222. The van der Waals surface area contributed by atoms with Gasteiger partial charge in [0.15, 0.2) is 0 Å². The lowest BCUT2D eigenvalue weighted by atomic mass is 10.2.